The van der Waals surface area contributed by atoms with E-state index in [1.807, 2.05) is 6.92 Å². The molecule has 0 N–H and O–H groups in total. The topological polar surface area (TPSA) is 0 Å². The Morgan fingerprint density at radius 3 is 1.50 bits per heavy atom. The summed E-state index contributed by atoms with van der Waals surface area (Å²) in [6, 6.07) is 0. The molecule has 38 valence electrons. The van der Waals surface area contributed by atoms with Crippen molar-refractivity contribution in [2.24, 2.45) is 0 Å². The van der Waals surface area contributed by atoms with Crippen LogP contribution in [0.5, 0.6) is 0 Å². The molecule has 0 rings (SSSR count). The van der Waals surface area contributed by atoms with Gasteiger partial charge in [-0.05, 0) is 0 Å². The van der Waals surface area contributed by atoms with Gasteiger partial charge in [0.15, 0.2) is 0 Å². The van der Waals surface area contributed by atoms with Gasteiger partial charge in [-0.25, -0.2) is 0 Å². The van der Waals surface area contributed by atoms with E-state index >= 15 is 0 Å². The Kier molecular flexibility index (Phi) is 3.75. The molecule has 0 nitrogen and oxygen atoms in total. The molecule has 0 aromatic heterocycles. The van der Waals surface area contributed by atoms with Gasteiger partial charge in [0, 0.05) is 0 Å². The van der Waals surface area contributed by atoms with Gasteiger partial charge in [0.1, 0.15) is 0 Å². The van der Waals surface area contributed by atoms with E-state index in [-0.39, 0.29) is 0 Å². The van der Waals surface area contributed by atoms with Crippen molar-refractivity contribution in [3.63, 3.8) is 0 Å². The third-order valence-electron chi connectivity index (χ3n) is 0.401. The molecule has 0 aromatic carbocycles. The molecular formula is C2H5Cl3Hf. The van der Waals surface area contributed by atoms with Crippen molar-refractivity contribution in [2.75, 3.05) is 0 Å². The third kappa shape index (κ3) is 5.74. The Balaban J connectivity index is 3.17. The average molecular weight is 314 g/mol. The summed E-state index contributed by atoms with van der Waals surface area (Å²) in [5.74, 6) is 0. The summed E-state index contributed by atoms with van der Waals surface area (Å²) in [5.41, 5.74) is 0. The van der Waals surface area contributed by atoms with Crippen molar-refractivity contribution >= 4 is 25.7 Å². The molecule has 0 heterocycles. The molecule has 0 aromatic rings. The second kappa shape index (κ2) is 2.91. The minimum absolute atomic E-state index is 0.789. The van der Waals surface area contributed by atoms with Crippen molar-refractivity contribution in [2.45, 2.75) is 11.1 Å². The molecule has 0 amide bonds. The fourth-order valence-corrected chi connectivity index (χ4v) is 0. The number of hydrogen-bond donors (Lipinski definition) is 0. The molecule has 0 radical (unpaired) electrons. The molecule has 0 aliphatic rings. The first kappa shape index (κ1) is 7.74. The molecule has 0 saturated carbocycles. The first-order chi connectivity index (χ1) is 2.56. The second-order valence-corrected chi connectivity index (χ2v) is 28.5. The molecule has 0 saturated heterocycles. The zero-order valence-corrected chi connectivity index (χ0v) is 9.20. The SMILES string of the molecule is C[CH2][Hf]([Cl])([Cl])[Cl]. The van der Waals surface area contributed by atoms with Gasteiger partial charge < -0.3 is 0 Å². The number of hydrogen-bond acceptors (Lipinski definition) is 0. The maximum absolute atomic E-state index is 5.47. The van der Waals surface area contributed by atoms with Gasteiger partial charge in [0.2, 0.25) is 0 Å². The fraction of sp³-hybridized carbons (Fsp3) is 1.00. The first-order valence-electron chi connectivity index (χ1n) is 1.63. The molecule has 0 aliphatic heterocycles. The summed E-state index contributed by atoms with van der Waals surface area (Å²) in [4.78, 5) is 0. The van der Waals surface area contributed by atoms with Gasteiger partial charge in [-0.1, -0.05) is 0 Å². The summed E-state index contributed by atoms with van der Waals surface area (Å²) in [5, 5.41) is 0. The molecule has 0 spiro atoms. The van der Waals surface area contributed by atoms with E-state index < -0.39 is 16.4 Å². The number of rotatable bonds is 1. The molecule has 0 fully saturated rings. The molecule has 4 heteroatoms. The summed E-state index contributed by atoms with van der Waals surface area (Å²) in [6.45, 7) is 1.91. The Bertz CT molecular complexity index is 38.5. The van der Waals surface area contributed by atoms with Gasteiger partial charge in [0.25, 0.3) is 0 Å². The zero-order valence-electron chi connectivity index (χ0n) is 3.34. The van der Waals surface area contributed by atoms with Crippen LogP contribution in [-0.4, -0.2) is 0 Å². The van der Waals surface area contributed by atoms with E-state index in [1.165, 1.54) is 0 Å². The Labute approximate surface area is 52.8 Å². The molecular weight excluding hydrogens is 309 g/mol. The van der Waals surface area contributed by atoms with Gasteiger partial charge in [0.05, 0.1) is 0 Å². The summed E-state index contributed by atoms with van der Waals surface area (Å²) in [7, 11) is 16.4. The predicted octanol–water partition coefficient (Wildman–Crippen LogP) is 3.04. The van der Waals surface area contributed by atoms with Crippen LogP contribution >= 0.6 is 25.7 Å². The van der Waals surface area contributed by atoms with Crippen molar-refractivity contribution in [3.8, 4) is 0 Å². The van der Waals surface area contributed by atoms with E-state index in [0.29, 0.717) is 0 Å². The Morgan fingerprint density at radius 1 is 1.33 bits per heavy atom. The van der Waals surface area contributed by atoms with Crippen molar-refractivity contribution in [3.05, 3.63) is 0 Å². The standard InChI is InChI=1S/C2H5.3ClH.Hf/c1-2;;;;/h1H2,2H3;3*1H;/q;;;;+3/p-3. The Morgan fingerprint density at radius 2 is 1.50 bits per heavy atom. The van der Waals surface area contributed by atoms with Crippen LogP contribution in [0.1, 0.15) is 6.92 Å². The van der Waals surface area contributed by atoms with Crippen LogP contribution in [0.3, 0.4) is 0 Å². The molecule has 0 aliphatic carbocycles. The molecule has 6 heavy (non-hydrogen) atoms. The van der Waals surface area contributed by atoms with Gasteiger partial charge >= 0.3 is 53.3 Å². The quantitative estimate of drug-likeness (QED) is 0.653. The van der Waals surface area contributed by atoms with Crippen LogP contribution in [-0.2, 0) is 16.4 Å². The van der Waals surface area contributed by atoms with Gasteiger partial charge in [-0.15, -0.1) is 0 Å². The zero-order chi connectivity index (χ0) is 5.21. The predicted molar refractivity (Wildman–Crippen MR) is 28.0 cm³/mol. The molecule has 0 atom stereocenters. The van der Waals surface area contributed by atoms with Crippen molar-refractivity contribution in [1.29, 1.82) is 0 Å². The molecule has 0 unspecified atom stereocenters. The van der Waals surface area contributed by atoms with Crippen LogP contribution in [0.4, 0.5) is 0 Å². The normalized spacial score (nSPS) is 12.0. The van der Waals surface area contributed by atoms with Crippen LogP contribution in [0, 0.1) is 0 Å². The van der Waals surface area contributed by atoms with Crippen molar-refractivity contribution < 1.29 is 16.4 Å². The van der Waals surface area contributed by atoms with E-state index in [4.69, 9.17) is 25.7 Å². The molecule has 0 bridgehead atoms. The van der Waals surface area contributed by atoms with Crippen molar-refractivity contribution in [1.82, 2.24) is 0 Å². The van der Waals surface area contributed by atoms with E-state index in [1.54, 1.807) is 0 Å². The van der Waals surface area contributed by atoms with Crippen LogP contribution in [0.2, 0.25) is 4.18 Å². The third-order valence-corrected chi connectivity index (χ3v) is 9.84. The van der Waals surface area contributed by atoms with E-state index in [0.717, 1.165) is 4.18 Å². The average Bonchev–Trinajstić information content (AvgIpc) is 1.35. The van der Waals surface area contributed by atoms with E-state index in [2.05, 4.69) is 0 Å². The second-order valence-electron chi connectivity index (χ2n) is 0.969. The van der Waals surface area contributed by atoms with Gasteiger partial charge in [-0.3, -0.25) is 0 Å². The van der Waals surface area contributed by atoms with Crippen LogP contribution in [0.25, 0.3) is 0 Å². The van der Waals surface area contributed by atoms with E-state index in [9.17, 15) is 0 Å². The first-order valence-corrected chi connectivity index (χ1v) is 17.5. The monoisotopic (exact) mass is 314 g/mol. The summed E-state index contributed by atoms with van der Waals surface area (Å²) < 4.78 is 0.789. The van der Waals surface area contributed by atoms with Gasteiger partial charge in [-0.2, -0.15) is 0 Å². The van der Waals surface area contributed by atoms with Crippen LogP contribution < -0.4 is 0 Å². The Hall–Kier alpha value is 1.74. The summed E-state index contributed by atoms with van der Waals surface area (Å²) >= 11 is -2.92. The van der Waals surface area contributed by atoms with Crippen LogP contribution in [0.15, 0.2) is 0 Å². The maximum atomic E-state index is 5.47. The summed E-state index contributed by atoms with van der Waals surface area (Å²) in [6.07, 6.45) is 0. The fourth-order valence-electron chi connectivity index (χ4n) is 0. The minimum atomic E-state index is -2.92. The number of halogens is 3.